The van der Waals surface area contributed by atoms with Crippen molar-refractivity contribution in [2.24, 2.45) is 4.99 Å². The molecule has 152 valence electrons. The van der Waals surface area contributed by atoms with E-state index in [1.807, 2.05) is 12.4 Å². The van der Waals surface area contributed by atoms with Gasteiger partial charge in [0, 0.05) is 6.42 Å². The summed E-state index contributed by atoms with van der Waals surface area (Å²) in [6, 6.07) is 6.25. The van der Waals surface area contributed by atoms with Crippen LogP contribution in [0.15, 0.2) is 29.3 Å². The van der Waals surface area contributed by atoms with Crippen LogP contribution in [0.2, 0.25) is 0 Å². The monoisotopic (exact) mass is 406 g/mol. The van der Waals surface area contributed by atoms with Crippen LogP contribution in [0.3, 0.4) is 0 Å². The summed E-state index contributed by atoms with van der Waals surface area (Å²) in [7, 11) is 0. The van der Waals surface area contributed by atoms with Crippen LogP contribution in [-0.4, -0.2) is 41.7 Å². The van der Waals surface area contributed by atoms with Gasteiger partial charge in [0.25, 0.3) is 0 Å². The smallest absolute Gasteiger partial charge is 0.408 e. The zero-order valence-corrected chi connectivity index (χ0v) is 17.6. The average molecular weight is 407 g/mol. The third-order valence-corrected chi connectivity index (χ3v) is 3.81. The minimum absolute atomic E-state index is 0.211. The van der Waals surface area contributed by atoms with E-state index in [-0.39, 0.29) is 13.0 Å². The van der Waals surface area contributed by atoms with Gasteiger partial charge in [0.15, 0.2) is 11.4 Å². The molecule has 8 nitrogen and oxygen atoms in total. The van der Waals surface area contributed by atoms with Gasteiger partial charge in [0.1, 0.15) is 11.6 Å². The molecule has 0 aliphatic rings. The van der Waals surface area contributed by atoms with Crippen molar-refractivity contribution in [1.29, 1.82) is 5.26 Å². The molecule has 9 heteroatoms. The highest BCUT2D eigenvalue weighted by Gasteiger charge is 2.25. The highest BCUT2D eigenvalue weighted by molar-refractivity contribution is 8.13. The van der Waals surface area contributed by atoms with Crippen LogP contribution in [0.4, 0.5) is 10.5 Å². The molecule has 0 saturated heterocycles. The van der Waals surface area contributed by atoms with E-state index in [0.29, 0.717) is 10.9 Å². The average Bonchev–Trinajstić information content (AvgIpc) is 2.61. The number of nitriles is 1. The Morgan fingerprint density at radius 2 is 1.93 bits per heavy atom. The van der Waals surface area contributed by atoms with Crippen molar-refractivity contribution in [2.75, 3.05) is 12.9 Å². The van der Waals surface area contributed by atoms with Gasteiger partial charge in [0.2, 0.25) is 0 Å². The lowest BCUT2D eigenvalue weighted by Crippen LogP contribution is -2.45. The van der Waals surface area contributed by atoms with Crippen molar-refractivity contribution in [3.8, 4) is 6.19 Å². The van der Waals surface area contributed by atoms with Gasteiger partial charge in [0.05, 0.1) is 12.3 Å². The van der Waals surface area contributed by atoms with Gasteiger partial charge in [-0.3, -0.25) is 5.32 Å². The van der Waals surface area contributed by atoms with Crippen molar-refractivity contribution in [2.45, 2.75) is 45.8 Å². The van der Waals surface area contributed by atoms with Gasteiger partial charge in [-0.1, -0.05) is 23.9 Å². The minimum atomic E-state index is -0.869. The summed E-state index contributed by atoms with van der Waals surface area (Å²) < 4.78 is 10.3. The van der Waals surface area contributed by atoms with Crippen LogP contribution in [0.1, 0.15) is 33.3 Å². The van der Waals surface area contributed by atoms with E-state index in [4.69, 9.17) is 14.7 Å². The molecule has 28 heavy (non-hydrogen) atoms. The number of carbonyl (C=O) groups is 2. The van der Waals surface area contributed by atoms with Crippen molar-refractivity contribution >= 4 is 34.7 Å². The van der Waals surface area contributed by atoms with Gasteiger partial charge in [-0.2, -0.15) is 5.26 Å². The van der Waals surface area contributed by atoms with E-state index in [2.05, 4.69) is 15.6 Å². The number of rotatable bonds is 6. The normalized spacial score (nSPS) is 12.5. The zero-order valence-electron chi connectivity index (χ0n) is 16.7. The predicted octanol–water partition coefficient (Wildman–Crippen LogP) is 3.11. The summed E-state index contributed by atoms with van der Waals surface area (Å²) >= 11 is 1.32. The fourth-order valence-electron chi connectivity index (χ4n) is 2.12. The van der Waals surface area contributed by atoms with Crippen LogP contribution >= 0.6 is 11.8 Å². The number of ether oxygens (including phenoxy) is 2. The second-order valence-corrected chi connectivity index (χ2v) is 7.47. The molecular formula is C19H26N4O4S. The molecule has 0 spiro atoms. The SMILES string of the molecule is CCOC(=O)C(Cc1ccc(N=C(NC#N)SC)cc1)NC(=O)OC(C)(C)C. The summed E-state index contributed by atoms with van der Waals surface area (Å²) in [4.78, 5) is 28.6. The zero-order chi connectivity index (χ0) is 21.2. The maximum atomic E-state index is 12.2. The first-order chi connectivity index (χ1) is 13.2. The molecule has 0 radical (unpaired) electrons. The Morgan fingerprint density at radius 3 is 2.43 bits per heavy atom. The van der Waals surface area contributed by atoms with Crippen molar-refractivity contribution < 1.29 is 19.1 Å². The second kappa shape index (κ2) is 11.2. The maximum Gasteiger partial charge on any atom is 0.408 e. The van der Waals surface area contributed by atoms with E-state index in [0.717, 1.165) is 5.56 Å². The Hall–Kier alpha value is -2.73. The number of carbonyl (C=O) groups excluding carboxylic acids is 2. The van der Waals surface area contributed by atoms with Crippen LogP contribution in [0, 0.1) is 11.5 Å². The molecule has 0 aliphatic heterocycles. The second-order valence-electron chi connectivity index (χ2n) is 6.68. The molecule has 0 saturated carbocycles. The number of nitrogens with one attached hydrogen (secondary N) is 2. The van der Waals surface area contributed by atoms with Gasteiger partial charge in [-0.05, 0) is 51.6 Å². The number of esters is 1. The number of hydrogen-bond acceptors (Lipinski definition) is 7. The molecule has 1 unspecified atom stereocenters. The van der Waals surface area contributed by atoms with Crippen LogP contribution in [-0.2, 0) is 20.7 Å². The molecule has 1 atom stereocenters. The Balaban J connectivity index is 2.89. The van der Waals surface area contributed by atoms with Gasteiger partial charge in [-0.25, -0.2) is 14.6 Å². The van der Waals surface area contributed by atoms with Crippen LogP contribution in [0.5, 0.6) is 0 Å². The summed E-state index contributed by atoms with van der Waals surface area (Å²) in [5, 5.41) is 14.2. The van der Waals surface area contributed by atoms with Gasteiger partial charge in [-0.15, -0.1) is 0 Å². The molecule has 0 aromatic heterocycles. The first kappa shape index (κ1) is 23.3. The summed E-state index contributed by atoms with van der Waals surface area (Å²) in [5.41, 5.74) is 0.797. The number of thioether (sulfide) groups is 1. The molecule has 1 amide bonds. The van der Waals surface area contributed by atoms with E-state index >= 15 is 0 Å². The van der Waals surface area contributed by atoms with Crippen LogP contribution in [0.25, 0.3) is 0 Å². The summed E-state index contributed by atoms with van der Waals surface area (Å²) in [5.74, 6) is -0.529. The molecule has 2 N–H and O–H groups in total. The largest absolute Gasteiger partial charge is 0.464 e. The first-order valence-electron chi connectivity index (χ1n) is 8.71. The quantitative estimate of drug-likeness (QED) is 0.245. The molecular weight excluding hydrogens is 380 g/mol. The standard InChI is InChI=1S/C19H26N4O4S/c1-6-26-16(24)15(23-18(25)27-19(2,3)4)11-13-7-9-14(10-8-13)22-17(28-5)21-12-20/h7-10,15H,6,11H2,1-5H3,(H,21,22)(H,23,25). The molecule has 1 rings (SSSR count). The molecule has 0 aliphatic carbocycles. The Labute approximate surface area is 169 Å². The van der Waals surface area contributed by atoms with Crippen LogP contribution < -0.4 is 10.6 Å². The molecule has 1 aromatic rings. The number of nitrogens with zero attached hydrogens (tertiary/aromatic N) is 2. The number of hydrogen-bond donors (Lipinski definition) is 2. The van der Waals surface area contributed by atoms with Gasteiger partial charge >= 0.3 is 12.1 Å². The lowest BCUT2D eigenvalue weighted by atomic mass is 10.1. The summed E-state index contributed by atoms with van der Waals surface area (Å²) in [6.45, 7) is 7.15. The highest BCUT2D eigenvalue weighted by Crippen LogP contribution is 2.16. The number of alkyl carbamates (subject to hydrolysis) is 1. The van der Waals surface area contributed by atoms with E-state index < -0.39 is 23.7 Å². The lowest BCUT2D eigenvalue weighted by molar-refractivity contribution is -0.145. The fraction of sp³-hybridized carbons (Fsp3) is 0.474. The summed E-state index contributed by atoms with van der Waals surface area (Å²) in [6.07, 6.45) is 3.20. The number of benzene rings is 1. The van der Waals surface area contributed by atoms with Crippen molar-refractivity contribution in [3.63, 3.8) is 0 Å². The highest BCUT2D eigenvalue weighted by atomic mass is 32.2. The Bertz CT molecular complexity index is 736. The van der Waals surface area contributed by atoms with Crippen molar-refractivity contribution in [1.82, 2.24) is 10.6 Å². The van der Waals surface area contributed by atoms with E-state index in [9.17, 15) is 9.59 Å². The number of amidine groups is 1. The topological polar surface area (TPSA) is 113 Å². The molecule has 0 heterocycles. The maximum absolute atomic E-state index is 12.2. The number of amides is 1. The van der Waals surface area contributed by atoms with E-state index in [1.165, 1.54) is 11.8 Å². The first-order valence-corrected chi connectivity index (χ1v) is 9.93. The number of aliphatic imine (C=N–C) groups is 1. The van der Waals surface area contributed by atoms with Crippen molar-refractivity contribution in [3.05, 3.63) is 29.8 Å². The molecule has 1 aromatic carbocycles. The Morgan fingerprint density at radius 1 is 1.29 bits per heavy atom. The minimum Gasteiger partial charge on any atom is -0.464 e. The Kier molecular flexibility index (Phi) is 9.32. The fourth-order valence-corrected chi connectivity index (χ4v) is 2.46. The predicted molar refractivity (Wildman–Crippen MR) is 109 cm³/mol. The molecule has 0 bridgehead atoms. The third kappa shape index (κ3) is 8.77. The lowest BCUT2D eigenvalue weighted by Gasteiger charge is -2.23. The third-order valence-electron chi connectivity index (χ3n) is 3.23. The van der Waals surface area contributed by atoms with Gasteiger partial charge < -0.3 is 14.8 Å². The molecule has 0 fully saturated rings. The van der Waals surface area contributed by atoms with E-state index in [1.54, 1.807) is 52.0 Å².